The van der Waals surface area contributed by atoms with Gasteiger partial charge in [-0.2, -0.15) is 0 Å². The smallest absolute Gasteiger partial charge is 0.244 e. The number of allylic oxidation sites excluding steroid dienone is 2. The Morgan fingerprint density at radius 3 is 2.21 bits per heavy atom. The minimum absolute atomic E-state index is 0.214. The number of rotatable bonds is 2. The van der Waals surface area contributed by atoms with Gasteiger partial charge in [0.2, 0.25) is 5.91 Å². The summed E-state index contributed by atoms with van der Waals surface area (Å²) in [6.07, 6.45) is 15.0. The third-order valence-corrected chi connectivity index (χ3v) is 5.80. The molecule has 0 aromatic rings. The van der Waals surface area contributed by atoms with Gasteiger partial charge in [-0.1, -0.05) is 12.2 Å². The molecular weight excluding hydrogens is 236 g/mol. The predicted octanol–water partition coefficient (Wildman–Crippen LogP) is 2.05. The lowest BCUT2D eigenvalue weighted by molar-refractivity contribution is -0.124. The first-order valence-corrected chi connectivity index (χ1v) is 7.64. The summed E-state index contributed by atoms with van der Waals surface area (Å²) < 4.78 is 0. The standard InChI is InChI=1S/C16H22N2O/c17-16(19)14-3-1-2-4-18(14)15-12-6-10-5-11(8-12)9-13(15)7-10/h1-4,10-15H,5-9H2,(H2,17,19)/t10?,11?,12?,13?,14-,15?/m1/s1. The van der Waals surface area contributed by atoms with E-state index in [4.69, 9.17) is 5.73 Å². The van der Waals surface area contributed by atoms with Gasteiger partial charge in [-0.25, -0.2) is 0 Å². The first kappa shape index (κ1) is 11.6. The van der Waals surface area contributed by atoms with Gasteiger partial charge < -0.3 is 10.6 Å². The van der Waals surface area contributed by atoms with Gasteiger partial charge in [0.05, 0.1) is 0 Å². The van der Waals surface area contributed by atoms with Gasteiger partial charge in [-0.3, -0.25) is 4.79 Å². The van der Waals surface area contributed by atoms with Crippen molar-refractivity contribution < 1.29 is 4.79 Å². The minimum Gasteiger partial charge on any atom is -0.368 e. The Morgan fingerprint density at radius 1 is 1.00 bits per heavy atom. The monoisotopic (exact) mass is 258 g/mol. The summed E-state index contributed by atoms with van der Waals surface area (Å²) in [6.45, 7) is 0. The average molecular weight is 258 g/mol. The highest BCUT2D eigenvalue weighted by Crippen LogP contribution is 2.55. The van der Waals surface area contributed by atoms with Crippen LogP contribution in [0.5, 0.6) is 0 Å². The molecule has 1 heterocycles. The summed E-state index contributed by atoms with van der Waals surface area (Å²) in [4.78, 5) is 14.0. The summed E-state index contributed by atoms with van der Waals surface area (Å²) >= 11 is 0. The molecule has 19 heavy (non-hydrogen) atoms. The zero-order valence-electron chi connectivity index (χ0n) is 11.2. The molecule has 2 N–H and O–H groups in total. The summed E-state index contributed by atoms with van der Waals surface area (Å²) in [5.41, 5.74) is 5.58. The second-order valence-electron chi connectivity index (χ2n) is 6.94. The molecule has 0 radical (unpaired) electrons. The number of primary amides is 1. The van der Waals surface area contributed by atoms with Crippen LogP contribution in [0.15, 0.2) is 24.4 Å². The molecule has 4 aliphatic carbocycles. The fourth-order valence-corrected chi connectivity index (χ4v) is 5.42. The van der Waals surface area contributed by atoms with E-state index in [1.165, 1.54) is 32.1 Å². The Balaban J connectivity index is 1.63. The largest absolute Gasteiger partial charge is 0.368 e. The second-order valence-corrected chi connectivity index (χ2v) is 6.94. The molecule has 0 saturated heterocycles. The van der Waals surface area contributed by atoms with Crippen molar-refractivity contribution in [1.29, 1.82) is 0 Å². The Kier molecular flexibility index (Phi) is 2.51. The van der Waals surface area contributed by atoms with Crippen LogP contribution < -0.4 is 5.73 Å². The first-order valence-electron chi connectivity index (χ1n) is 7.64. The molecule has 5 aliphatic rings. The van der Waals surface area contributed by atoms with E-state index in [2.05, 4.69) is 11.1 Å². The number of hydrogen-bond acceptors (Lipinski definition) is 2. The van der Waals surface area contributed by atoms with Crippen LogP contribution in [-0.4, -0.2) is 22.9 Å². The normalized spacial score (nSPS) is 46.8. The van der Waals surface area contributed by atoms with E-state index in [9.17, 15) is 4.79 Å². The van der Waals surface area contributed by atoms with Crippen molar-refractivity contribution in [3.8, 4) is 0 Å². The van der Waals surface area contributed by atoms with Crippen molar-refractivity contribution in [2.24, 2.45) is 29.4 Å². The fraction of sp³-hybridized carbons (Fsp3) is 0.688. The maximum Gasteiger partial charge on any atom is 0.244 e. The van der Waals surface area contributed by atoms with Crippen LogP contribution >= 0.6 is 0 Å². The molecule has 3 nitrogen and oxygen atoms in total. The van der Waals surface area contributed by atoms with Crippen LogP contribution in [0.3, 0.4) is 0 Å². The second kappa shape index (κ2) is 4.12. The molecule has 1 amide bonds. The van der Waals surface area contributed by atoms with Gasteiger partial charge in [0.25, 0.3) is 0 Å². The zero-order chi connectivity index (χ0) is 13.0. The van der Waals surface area contributed by atoms with E-state index in [-0.39, 0.29) is 11.9 Å². The lowest BCUT2D eigenvalue weighted by Gasteiger charge is -2.58. The zero-order valence-corrected chi connectivity index (χ0v) is 11.2. The molecule has 0 unspecified atom stereocenters. The van der Waals surface area contributed by atoms with E-state index in [1.54, 1.807) is 0 Å². The Hall–Kier alpha value is -1.25. The van der Waals surface area contributed by atoms with E-state index in [1.807, 2.05) is 18.2 Å². The number of amides is 1. The quantitative estimate of drug-likeness (QED) is 0.824. The van der Waals surface area contributed by atoms with Crippen LogP contribution in [0.2, 0.25) is 0 Å². The molecule has 0 spiro atoms. The van der Waals surface area contributed by atoms with Gasteiger partial charge in [0, 0.05) is 12.2 Å². The summed E-state index contributed by atoms with van der Waals surface area (Å²) in [5, 5.41) is 0. The highest BCUT2D eigenvalue weighted by molar-refractivity contribution is 5.82. The van der Waals surface area contributed by atoms with E-state index < -0.39 is 0 Å². The summed E-state index contributed by atoms with van der Waals surface area (Å²) in [7, 11) is 0. The molecule has 4 fully saturated rings. The van der Waals surface area contributed by atoms with E-state index >= 15 is 0 Å². The first-order chi connectivity index (χ1) is 9.22. The van der Waals surface area contributed by atoms with Gasteiger partial charge in [-0.15, -0.1) is 0 Å². The molecular formula is C16H22N2O. The number of nitrogens with two attached hydrogens (primary N) is 1. The van der Waals surface area contributed by atoms with Gasteiger partial charge in [-0.05, 0) is 61.9 Å². The third-order valence-electron chi connectivity index (χ3n) is 5.80. The minimum atomic E-state index is -0.229. The summed E-state index contributed by atoms with van der Waals surface area (Å²) in [5.74, 6) is 3.29. The molecule has 4 bridgehead atoms. The van der Waals surface area contributed by atoms with Crippen molar-refractivity contribution in [2.45, 2.75) is 44.2 Å². The van der Waals surface area contributed by atoms with Crippen LogP contribution in [0.1, 0.15) is 32.1 Å². The van der Waals surface area contributed by atoms with E-state index in [0.717, 1.165) is 23.7 Å². The van der Waals surface area contributed by atoms with Crippen molar-refractivity contribution in [3.05, 3.63) is 24.4 Å². The molecule has 102 valence electrons. The molecule has 0 aromatic carbocycles. The predicted molar refractivity (Wildman–Crippen MR) is 73.9 cm³/mol. The van der Waals surface area contributed by atoms with Crippen molar-refractivity contribution in [2.75, 3.05) is 0 Å². The van der Waals surface area contributed by atoms with Gasteiger partial charge >= 0.3 is 0 Å². The lowest BCUT2D eigenvalue weighted by Crippen LogP contribution is -2.58. The number of carbonyl (C=O) groups excluding carboxylic acids is 1. The maximum atomic E-state index is 11.7. The van der Waals surface area contributed by atoms with Crippen LogP contribution in [-0.2, 0) is 4.79 Å². The molecule has 3 heteroatoms. The molecule has 4 saturated carbocycles. The van der Waals surface area contributed by atoms with Gasteiger partial charge in [0.1, 0.15) is 6.04 Å². The van der Waals surface area contributed by atoms with Crippen LogP contribution in [0.25, 0.3) is 0 Å². The Labute approximate surface area is 114 Å². The fourth-order valence-electron chi connectivity index (χ4n) is 5.42. The number of hydrogen-bond donors (Lipinski definition) is 1. The topological polar surface area (TPSA) is 46.3 Å². The van der Waals surface area contributed by atoms with E-state index in [0.29, 0.717) is 6.04 Å². The van der Waals surface area contributed by atoms with Crippen LogP contribution in [0, 0.1) is 23.7 Å². The average Bonchev–Trinajstić information content (AvgIpc) is 2.37. The van der Waals surface area contributed by atoms with Crippen molar-refractivity contribution in [3.63, 3.8) is 0 Å². The van der Waals surface area contributed by atoms with Crippen LogP contribution in [0.4, 0.5) is 0 Å². The van der Waals surface area contributed by atoms with Gasteiger partial charge in [0.15, 0.2) is 0 Å². The number of nitrogens with zero attached hydrogens (tertiary/aromatic N) is 1. The molecule has 1 aliphatic heterocycles. The molecule has 0 aromatic heterocycles. The third kappa shape index (κ3) is 1.74. The maximum absolute atomic E-state index is 11.7. The SMILES string of the molecule is NC(=O)[C@H]1C=CC=CN1C1C2CC3CC(C2)CC1C3. The highest BCUT2D eigenvalue weighted by atomic mass is 16.1. The van der Waals surface area contributed by atoms with Crippen molar-refractivity contribution >= 4 is 5.91 Å². The lowest BCUT2D eigenvalue weighted by atomic mass is 9.53. The van der Waals surface area contributed by atoms with Crippen molar-refractivity contribution in [1.82, 2.24) is 4.90 Å². The Morgan fingerprint density at radius 2 is 1.63 bits per heavy atom. The molecule has 5 rings (SSSR count). The molecule has 1 atom stereocenters. The number of carbonyl (C=O) groups is 1. The highest BCUT2D eigenvalue weighted by Gasteiger charge is 2.50. The Bertz CT molecular complexity index is 426. The summed E-state index contributed by atoms with van der Waals surface area (Å²) in [6, 6.07) is 0.319.